The van der Waals surface area contributed by atoms with E-state index in [1.165, 1.54) is 5.56 Å². The third-order valence-corrected chi connectivity index (χ3v) is 4.20. The van der Waals surface area contributed by atoms with Gasteiger partial charge in [-0.05, 0) is 43.0 Å². The third-order valence-electron chi connectivity index (χ3n) is 3.72. The minimum absolute atomic E-state index is 0.208. The number of alkyl halides is 1. The highest BCUT2D eigenvalue weighted by Gasteiger charge is 2.18. The molecule has 110 valence electrons. The van der Waals surface area contributed by atoms with E-state index in [4.69, 9.17) is 21.1 Å². The summed E-state index contributed by atoms with van der Waals surface area (Å²) in [7, 11) is 0. The Hall–Kier alpha value is -1.67. The first kappa shape index (κ1) is 14.3. The molecule has 1 heterocycles. The van der Waals surface area contributed by atoms with Crippen LogP contribution >= 0.6 is 11.6 Å². The lowest BCUT2D eigenvalue weighted by molar-refractivity contribution is 0.288. The van der Waals surface area contributed by atoms with Crippen molar-refractivity contribution in [2.75, 3.05) is 13.2 Å². The lowest BCUT2D eigenvalue weighted by Gasteiger charge is -2.20. The van der Waals surface area contributed by atoms with Crippen molar-refractivity contribution >= 4 is 11.6 Å². The highest BCUT2D eigenvalue weighted by Crippen LogP contribution is 2.37. The molecule has 0 aliphatic carbocycles. The molecule has 0 saturated heterocycles. The van der Waals surface area contributed by atoms with Crippen LogP contribution in [0.4, 0.5) is 0 Å². The van der Waals surface area contributed by atoms with E-state index >= 15 is 0 Å². The summed E-state index contributed by atoms with van der Waals surface area (Å²) in [6.07, 6.45) is 2.12. The van der Waals surface area contributed by atoms with Gasteiger partial charge in [0.1, 0.15) is 11.5 Å². The summed E-state index contributed by atoms with van der Waals surface area (Å²) >= 11 is 6.69. The van der Waals surface area contributed by atoms with Crippen LogP contribution in [-0.4, -0.2) is 13.2 Å². The van der Waals surface area contributed by atoms with E-state index in [0.29, 0.717) is 6.61 Å². The molecule has 1 unspecified atom stereocenters. The fourth-order valence-corrected chi connectivity index (χ4v) is 3.01. The van der Waals surface area contributed by atoms with E-state index in [1.54, 1.807) is 0 Å². The second-order valence-corrected chi connectivity index (χ2v) is 5.59. The van der Waals surface area contributed by atoms with Crippen LogP contribution in [0.3, 0.4) is 0 Å². The Morgan fingerprint density at radius 3 is 2.95 bits per heavy atom. The third kappa shape index (κ3) is 3.01. The maximum absolute atomic E-state index is 6.69. The van der Waals surface area contributed by atoms with Gasteiger partial charge in [-0.2, -0.15) is 0 Å². The summed E-state index contributed by atoms with van der Waals surface area (Å²) in [6, 6.07) is 14.2. The van der Waals surface area contributed by atoms with Crippen LogP contribution in [0.15, 0.2) is 42.5 Å². The van der Waals surface area contributed by atoms with Gasteiger partial charge in [0.05, 0.1) is 18.6 Å². The minimum Gasteiger partial charge on any atom is -0.494 e. The van der Waals surface area contributed by atoms with Crippen LogP contribution in [0.1, 0.15) is 35.4 Å². The molecule has 0 fully saturated rings. The molecule has 3 heteroatoms. The van der Waals surface area contributed by atoms with Crippen LogP contribution in [0, 0.1) is 0 Å². The molecule has 0 spiro atoms. The number of hydrogen-bond donors (Lipinski definition) is 0. The quantitative estimate of drug-likeness (QED) is 0.760. The van der Waals surface area contributed by atoms with Gasteiger partial charge in [0.25, 0.3) is 0 Å². The fourth-order valence-electron chi connectivity index (χ4n) is 2.69. The van der Waals surface area contributed by atoms with Gasteiger partial charge in [0.15, 0.2) is 0 Å². The predicted octanol–water partition coefficient (Wildman–Crippen LogP) is 4.74. The van der Waals surface area contributed by atoms with E-state index in [0.717, 1.165) is 42.1 Å². The molecule has 0 saturated carbocycles. The Bertz CT molecular complexity index is 624. The van der Waals surface area contributed by atoms with E-state index < -0.39 is 0 Å². The van der Waals surface area contributed by atoms with E-state index in [-0.39, 0.29) is 5.38 Å². The van der Waals surface area contributed by atoms with Gasteiger partial charge in [-0.1, -0.05) is 30.3 Å². The van der Waals surface area contributed by atoms with Crippen molar-refractivity contribution in [1.82, 2.24) is 0 Å². The molecule has 0 bridgehead atoms. The Balaban J connectivity index is 1.93. The number of benzene rings is 2. The molecule has 21 heavy (non-hydrogen) atoms. The standard InChI is InChI=1S/C18H19ClO2/c1-2-20-17-8-4-3-7-15(17)18(19)14-9-10-16-13(12-14)6-5-11-21-16/h3-4,7-10,12,18H,2,5-6,11H2,1H3. The molecule has 0 amide bonds. The van der Waals surface area contributed by atoms with Crippen LogP contribution in [0.25, 0.3) is 0 Å². The molecule has 1 aliphatic rings. The largest absolute Gasteiger partial charge is 0.494 e. The number of aryl methyl sites for hydroxylation is 1. The number of para-hydroxylation sites is 1. The molecule has 2 aromatic rings. The Morgan fingerprint density at radius 1 is 1.24 bits per heavy atom. The van der Waals surface area contributed by atoms with Gasteiger partial charge >= 0.3 is 0 Å². The minimum atomic E-state index is -0.208. The lowest BCUT2D eigenvalue weighted by atomic mass is 9.98. The second kappa shape index (κ2) is 6.40. The Morgan fingerprint density at radius 2 is 2.10 bits per heavy atom. The van der Waals surface area contributed by atoms with Crippen LogP contribution in [0.2, 0.25) is 0 Å². The summed E-state index contributed by atoms with van der Waals surface area (Å²) in [5.41, 5.74) is 3.35. The first-order chi connectivity index (χ1) is 10.3. The summed E-state index contributed by atoms with van der Waals surface area (Å²) in [6.45, 7) is 3.43. The molecule has 0 aromatic heterocycles. The van der Waals surface area contributed by atoms with Gasteiger partial charge in [0, 0.05) is 5.56 Å². The molecule has 2 nitrogen and oxygen atoms in total. The zero-order valence-corrected chi connectivity index (χ0v) is 12.9. The summed E-state index contributed by atoms with van der Waals surface area (Å²) in [5, 5.41) is -0.208. The monoisotopic (exact) mass is 302 g/mol. The Labute approximate surface area is 130 Å². The number of ether oxygens (including phenoxy) is 2. The molecule has 3 rings (SSSR count). The number of hydrogen-bond acceptors (Lipinski definition) is 2. The molecule has 0 radical (unpaired) electrons. The molecule has 1 aliphatic heterocycles. The second-order valence-electron chi connectivity index (χ2n) is 5.15. The molecule has 0 N–H and O–H groups in total. The van der Waals surface area contributed by atoms with Crippen molar-refractivity contribution < 1.29 is 9.47 Å². The van der Waals surface area contributed by atoms with E-state index in [9.17, 15) is 0 Å². The molecular formula is C18H19ClO2. The zero-order valence-electron chi connectivity index (χ0n) is 12.1. The molecular weight excluding hydrogens is 284 g/mol. The first-order valence-corrected chi connectivity index (χ1v) is 7.84. The van der Waals surface area contributed by atoms with Crippen molar-refractivity contribution in [2.45, 2.75) is 25.1 Å². The van der Waals surface area contributed by atoms with Crippen molar-refractivity contribution in [1.29, 1.82) is 0 Å². The lowest BCUT2D eigenvalue weighted by Crippen LogP contribution is -2.09. The topological polar surface area (TPSA) is 18.5 Å². The number of halogens is 1. The van der Waals surface area contributed by atoms with Crippen molar-refractivity contribution in [2.24, 2.45) is 0 Å². The maximum Gasteiger partial charge on any atom is 0.124 e. The van der Waals surface area contributed by atoms with Crippen molar-refractivity contribution in [3.63, 3.8) is 0 Å². The predicted molar refractivity (Wildman–Crippen MR) is 85.6 cm³/mol. The normalized spacial score (nSPS) is 15.0. The van der Waals surface area contributed by atoms with Gasteiger partial charge in [-0.25, -0.2) is 0 Å². The molecule has 2 aromatic carbocycles. The highest BCUT2D eigenvalue weighted by molar-refractivity contribution is 6.22. The average Bonchev–Trinajstić information content (AvgIpc) is 2.54. The Kier molecular flexibility index (Phi) is 4.35. The summed E-state index contributed by atoms with van der Waals surface area (Å²) in [5.74, 6) is 1.85. The van der Waals surface area contributed by atoms with Gasteiger partial charge in [-0.15, -0.1) is 11.6 Å². The highest BCUT2D eigenvalue weighted by atomic mass is 35.5. The summed E-state index contributed by atoms with van der Waals surface area (Å²) < 4.78 is 11.3. The molecule has 1 atom stereocenters. The SMILES string of the molecule is CCOc1ccccc1C(Cl)c1ccc2c(c1)CCCO2. The zero-order chi connectivity index (χ0) is 14.7. The first-order valence-electron chi connectivity index (χ1n) is 7.41. The van der Waals surface area contributed by atoms with Crippen LogP contribution in [-0.2, 0) is 6.42 Å². The summed E-state index contributed by atoms with van der Waals surface area (Å²) in [4.78, 5) is 0. The smallest absolute Gasteiger partial charge is 0.124 e. The average molecular weight is 303 g/mol. The van der Waals surface area contributed by atoms with Crippen molar-refractivity contribution in [3.05, 3.63) is 59.2 Å². The van der Waals surface area contributed by atoms with Crippen molar-refractivity contribution in [3.8, 4) is 11.5 Å². The fraction of sp³-hybridized carbons (Fsp3) is 0.333. The van der Waals surface area contributed by atoms with Gasteiger partial charge < -0.3 is 9.47 Å². The van der Waals surface area contributed by atoms with Gasteiger partial charge in [-0.3, -0.25) is 0 Å². The van der Waals surface area contributed by atoms with Crippen LogP contribution in [0.5, 0.6) is 11.5 Å². The van der Waals surface area contributed by atoms with Crippen LogP contribution < -0.4 is 9.47 Å². The van der Waals surface area contributed by atoms with Gasteiger partial charge in [0.2, 0.25) is 0 Å². The van der Waals surface area contributed by atoms with E-state index in [2.05, 4.69) is 6.07 Å². The number of rotatable bonds is 4. The van der Waals surface area contributed by atoms with E-state index in [1.807, 2.05) is 43.3 Å². The maximum atomic E-state index is 6.69. The number of fused-ring (bicyclic) bond motifs is 1.